The number of aryl methyl sites for hydroxylation is 2. The Bertz CT molecular complexity index is 780. The summed E-state index contributed by atoms with van der Waals surface area (Å²) < 4.78 is 3.63. The molecule has 0 radical (unpaired) electrons. The number of para-hydroxylation sites is 2. The predicted octanol–water partition coefficient (Wildman–Crippen LogP) is 1.35. The first-order valence-electron chi connectivity index (χ1n) is 5.90. The maximum atomic E-state index is 7.73. The lowest BCUT2D eigenvalue weighted by Gasteiger charge is -2.07. The molecular formula is C13H14N6. The number of nitrogens with zero attached hydrogens (tertiary/aromatic N) is 4. The lowest BCUT2D eigenvalue weighted by molar-refractivity contribution is 0.726. The van der Waals surface area contributed by atoms with Crippen LogP contribution in [0.1, 0.15) is 11.3 Å². The van der Waals surface area contributed by atoms with Gasteiger partial charge in [0.25, 0.3) is 0 Å². The Labute approximate surface area is 110 Å². The number of imidazole rings is 1. The Kier molecular flexibility index (Phi) is 2.38. The molecule has 0 saturated carbocycles. The van der Waals surface area contributed by atoms with Crippen molar-refractivity contribution < 1.29 is 0 Å². The Balaban J connectivity index is 2.36. The van der Waals surface area contributed by atoms with Crippen LogP contribution in [0.2, 0.25) is 0 Å². The highest BCUT2D eigenvalue weighted by Gasteiger charge is 2.18. The van der Waals surface area contributed by atoms with Crippen LogP contribution in [0.15, 0.2) is 30.6 Å². The molecule has 0 aliphatic carbocycles. The van der Waals surface area contributed by atoms with Crippen molar-refractivity contribution in [1.29, 1.82) is 5.41 Å². The lowest BCUT2D eigenvalue weighted by atomic mass is 10.2. The van der Waals surface area contributed by atoms with E-state index in [9.17, 15) is 0 Å². The van der Waals surface area contributed by atoms with Gasteiger partial charge in [-0.15, -0.1) is 0 Å². The van der Waals surface area contributed by atoms with E-state index in [-0.39, 0.29) is 5.84 Å². The normalized spacial score (nSPS) is 11.1. The van der Waals surface area contributed by atoms with Crippen LogP contribution in [0.3, 0.4) is 0 Å². The zero-order valence-electron chi connectivity index (χ0n) is 10.8. The van der Waals surface area contributed by atoms with Gasteiger partial charge in [-0.25, -0.2) is 4.98 Å². The van der Waals surface area contributed by atoms with Crippen LogP contribution in [0.4, 0.5) is 0 Å². The molecule has 0 fully saturated rings. The number of nitrogens with two attached hydrogens (primary N) is 1. The fraction of sp³-hybridized carbons (Fsp3) is 0.154. The zero-order chi connectivity index (χ0) is 13.6. The first kappa shape index (κ1) is 11.5. The maximum Gasteiger partial charge on any atom is 0.147 e. The molecule has 0 aliphatic heterocycles. The molecule has 3 aromatic rings. The number of rotatable bonds is 2. The summed E-state index contributed by atoms with van der Waals surface area (Å²) in [4.78, 5) is 4.36. The van der Waals surface area contributed by atoms with E-state index in [0.717, 1.165) is 22.5 Å². The second-order valence-corrected chi connectivity index (χ2v) is 4.42. The summed E-state index contributed by atoms with van der Waals surface area (Å²) in [5.74, 6) is 0.775. The van der Waals surface area contributed by atoms with Crippen molar-refractivity contribution in [2.75, 3.05) is 0 Å². The molecule has 6 heteroatoms. The molecule has 3 N–H and O–H groups in total. The molecule has 0 bridgehead atoms. The largest absolute Gasteiger partial charge is 0.384 e. The van der Waals surface area contributed by atoms with Crippen molar-refractivity contribution in [3.63, 3.8) is 0 Å². The number of hydrogen-bond acceptors (Lipinski definition) is 3. The van der Waals surface area contributed by atoms with E-state index >= 15 is 0 Å². The number of hydrogen-bond donors (Lipinski definition) is 2. The third kappa shape index (κ3) is 1.61. The Morgan fingerprint density at radius 1 is 1.32 bits per heavy atom. The number of nitrogen functional groups attached to an aromatic ring is 1. The number of nitrogens with one attached hydrogen (secondary N) is 1. The molecule has 3 rings (SSSR count). The molecule has 19 heavy (non-hydrogen) atoms. The highest BCUT2D eigenvalue weighted by molar-refractivity contribution is 5.99. The Morgan fingerprint density at radius 3 is 2.79 bits per heavy atom. The fourth-order valence-electron chi connectivity index (χ4n) is 2.37. The highest BCUT2D eigenvalue weighted by Crippen LogP contribution is 2.22. The van der Waals surface area contributed by atoms with Gasteiger partial charge in [0, 0.05) is 7.05 Å². The van der Waals surface area contributed by atoms with Crippen LogP contribution in [0, 0.1) is 12.3 Å². The Hall–Kier alpha value is -2.63. The third-order valence-corrected chi connectivity index (χ3v) is 3.14. The monoisotopic (exact) mass is 254 g/mol. The molecule has 2 heterocycles. The van der Waals surface area contributed by atoms with Gasteiger partial charge in [0.15, 0.2) is 0 Å². The molecule has 96 valence electrons. The van der Waals surface area contributed by atoms with Gasteiger partial charge in [-0.05, 0) is 19.1 Å². The van der Waals surface area contributed by atoms with E-state index in [1.807, 2.05) is 42.8 Å². The van der Waals surface area contributed by atoms with Gasteiger partial charge >= 0.3 is 0 Å². The summed E-state index contributed by atoms with van der Waals surface area (Å²) in [6.07, 6.45) is 1.73. The topological polar surface area (TPSA) is 85.5 Å². The summed E-state index contributed by atoms with van der Waals surface area (Å²) in [5.41, 5.74) is 8.92. The van der Waals surface area contributed by atoms with Gasteiger partial charge in [-0.3, -0.25) is 14.7 Å². The van der Waals surface area contributed by atoms with Gasteiger partial charge in [0.1, 0.15) is 18.0 Å². The average molecular weight is 254 g/mol. The minimum absolute atomic E-state index is 0.0124. The molecule has 0 aliphatic rings. The van der Waals surface area contributed by atoms with E-state index in [0.29, 0.717) is 5.56 Å². The lowest BCUT2D eigenvalue weighted by Crippen LogP contribution is -2.15. The molecule has 0 saturated heterocycles. The number of benzene rings is 1. The second-order valence-electron chi connectivity index (χ2n) is 4.42. The van der Waals surface area contributed by atoms with Crippen molar-refractivity contribution in [1.82, 2.24) is 19.3 Å². The van der Waals surface area contributed by atoms with Crippen molar-refractivity contribution in [2.24, 2.45) is 12.8 Å². The van der Waals surface area contributed by atoms with Gasteiger partial charge in [0.2, 0.25) is 0 Å². The van der Waals surface area contributed by atoms with Gasteiger partial charge in [-0.1, -0.05) is 12.1 Å². The summed E-state index contributed by atoms with van der Waals surface area (Å²) in [7, 11) is 1.84. The van der Waals surface area contributed by atoms with Crippen molar-refractivity contribution in [3.05, 3.63) is 41.9 Å². The summed E-state index contributed by atoms with van der Waals surface area (Å²) >= 11 is 0. The molecule has 0 unspecified atom stereocenters. The van der Waals surface area contributed by atoms with Crippen LogP contribution < -0.4 is 5.73 Å². The van der Waals surface area contributed by atoms with Crippen molar-refractivity contribution >= 4 is 16.9 Å². The smallest absolute Gasteiger partial charge is 0.147 e. The number of fused-ring (bicyclic) bond motifs is 1. The fourth-order valence-corrected chi connectivity index (χ4v) is 2.37. The maximum absolute atomic E-state index is 7.73. The standard InChI is InChI=1S/C13H14N6/c1-8-11(12(14)15)13(18(2)17-8)19-7-16-9-5-3-4-6-10(9)19/h3-7H,1-2H3,(H3,14,15). The van der Waals surface area contributed by atoms with E-state index in [1.54, 1.807) is 11.0 Å². The molecule has 0 spiro atoms. The molecule has 2 aromatic heterocycles. The van der Waals surface area contributed by atoms with Crippen LogP contribution in [-0.4, -0.2) is 25.2 Å². The van der Waals surface area contributed by atoms with Crippen LogP contribution in [0.25, 0.3) is 16.9 Å². The minimum atomic E-state index is 0.0124. The molecule has 0 amide bonds. The summed E-state index contributed by atoms with van der Waals surface area (Å²) in [6, 6.07) is 7.83. The number of amidine groups is 1. The van der Waals surface area contributed by atoms with E-state index in [1.165, 1.54) is 0 Å². The molecule has 0 atom stereocenters. The molecule has 6 nitrogen and oxygen atoms in total. The Morgan fingerprint density at radius 2 is 2.05 bits per heavy atom. The quantitative estimate of drug-likeness (QED) is 0.534. The van der Waals surface area contributed by atoms with Crippen LogP contribution in [0.5, 0.6) is 0 Å². The zero-order valence-corrected chi connectivity index (χ0v) is 10.8. The van der Waals surface area contributed by atoms with Crippen LogP contribution >= 0.6 is 0 Å². The third-order valence-electron chi connectivity index (χ3n) is 3.14. The van der Waals surface area contributed by atoms with Gasteiger partial charge in [-0.2, -0.15) is 5.10 Å². The second kappa shape index (κ2) is 3.94. The number of aromatic nitrogens is 4. The van der Waals surface area contributed by atoms with Crippen LogP contribution in [-0.2, 0) is 7.05 Å². The summed E-state index contributed by atoms with van der Waals surface area (Å²) in [5, 5.41) is 12.1. The first-order valence-corrected chi connectivity index (χ1v) is 5.90. The first-order chi connectivity index (χ1) is 9.09. The summed E-state index contributed by atoms with van der Waals surface area (Å²) in [6.45, 7) is 1.85. The molecule has 1 aromatic carbocycles. The highest BCUT2D eigenvalue weighted by atomic mass is 15.3. The van der Waals surface area contributed by atoms with Gasteiger partial charge < -0.3 is 5.73 Å². The minimum Gasteiger partial charge on any atom is -0.384 e. The van der Waals surface area contributed by atoms with E-state index < -0.39 is 0 Å². The molecular weight excluding hydrogens is 240 g/mol. The van der Waals surface area contributed by atoms with Crippen molar-refractivity contribution in [2.45, 2.75) is 6.92 Å². The predicted molar refractivity (Wildman–Crippen MR) is 73.6 cm³/mol. The SMILES string of the molecule is Cc1nn(C)c(-n2cnc3ccccc32)c1C(=N)N. The van der Waals surface area contributed by atoms with Gasteiger partial charge in [0.05, 0.1) is 22.3 Å². The van der Waals surface area contributed by atoms with E-state index in [2.05, 4.69) is 10.1 Å². The van der Waals surface area contributed by atoms with Crippen molar-refractivity contribution in [3.8, 4) is 5.82 Å². The van der Waals surface area contributed by atoms with E-state index in [4.69, 9.17) is 11.1 Å². The average Bonchev–Trinajstić information content (AvgIpc) is 2.89.